The summed E-state index contributed by atoms with van der Waals surface area (Å²) in [7, 11) is 0. The monoisotopic (exact) mass is 351 g/mol. The molecule has 0 saturated carbocycles. The van der Waals surface area contributed by atoms with Crippen LogP contribution in [0.1, 0.15) is 32.2 Å². The number of hydrogen-bond donors (Lipinski definition) is 2. The van der Waals surface area contributed by atoms with Crippen LogP contribution < -0.4 is 16.6 Å². The van der Waals surface area contributed by atoms with Gasteiger partial charge in [0.25, 0.3) is 11.5 Å². The van der Waals surface area contributed by atoms with E-state index in [-0.39, 0.29) is 30.3 Å². The minimum atomic E-state index is -0.523. The molecule has 132 valence electrons. The molecule has 0 aliphatic heterocycles. The zero-order valence-corrected chi connectivity index (χ0v) is 13.8. The number of hydrogen-bond acceptors (Lipinski definition) is 4. The summed E-state index contributed by atoms with van der Waals surface area (Å²) < 4.78 is 6.99. The average Bonchev–Trinajstić information content (AvgIpc) is 3.10. The minimum Gasteiger partial charge on any atom is -0.454 e. The van der Waals surface area contributed by atoms with Crippen molar-refractivity contribution in [2.24, 2.45) is 5.73 Å². The Bertz CT molecular complexity index is 1000. The molecule has 3 N–H and O–H groups in total. The zero-order chi connectivity index (χ0) is 18.5. The molecule has 3 rings (SSSR count). The van der Waals surface area contributed by atoms with Crippen molar-refractivity contribution in [2.45, 2.75) is 13.1 Å². The maximum atomic E-state index is 12.2. The largest absolute Gasteiger partial charge is 0.454 e. The molecule has 0 fully saturated rings. The van der Waals surface area contributed by atoms with E-state index in [2.05, 4.69) is 5.32 Å². The van der Waals surface area contributed by atoms with Gasteiger partial charge in [-0.15, -0.1) is 0 Å². The predicted molar refractivity (Wildman–Crippen MR) is 94.6 cm³/mol. The molecule has 2 heterocycles. The molecule has 0 bridgehead atoms. The van der Waals surface area contributed by atoms with Gasteiger partial charge in [-0.3, -0.25) is 14.4 Å². The SMILES string of the molecule is NC(=O)c1cccc(CNC(=O)c2ccc(Cn3ccccc3=O)o2)c1. The van der Waals surface area contributed by atoms with Crippen LogP contribution in [0.2, 0.25) is 0 Å². The Morgan fingerprint density at radius 2 is 1.92 bits per heavy atom. The molecule has 2 amide bonds. The fraction of sp³-hybridized carbons (Fsp3) is 0.105. The molecule has 0 aliphatic carbocycles. The second-order valence-electron chi connectivity index (χ2n) is 5.68. The fourth-order valence-corrected chi connectivity index (χ4v) is 2.45. The van der Waals surface area contributed by atoms with Crippen LogP contribution in [0.25, 0.3) is 0 Å². The van der Waals surface area contributed by atoms with Crippen LogP contribution in [0, 0.1) is 0 Å². The number of carbonyl (C=O) groups excluding carboxylic acids is 2. The zero-order valence-electron chi connectivity index (χ0n) is 13.8. The number of pyridine rings is 1. The van der Waals surface area contributed by atoms with E-state index >= 15 is 0 Å². The number of nitrogens with zero attached hydrogens (tertiary/aromatic N) is 1. The quantitative estimate of drug-likeness (QED) is 0.702. The summed E-state index contributed by atoms with van der Waals surface area (Å²) >= 11 is 0. The predicted octanol–water partition coefficient (Wildman–Crippen LogP) is 1.52. The Hall–Kier alpha value is -3.61. The van der Waals surface area contributed by atoms with Crippen LogP contribution in [0.3, 0.4) is 0 Å². The molecule has 2 aromatic heterocycles. The maximum absolute atomic E-state index is 12.2. The molecule has 0 radical (unpaired) electrons. The Morgan fingerprint density at radius 3 is 2.69 bits per heavy atom. The van der Waals surface area contributed by atoms with Gasteiger partial charge in [0.1, 0.15) is 5.76 Å². The Balaban J connectivity index is 1.63. The van der Waals surface area contributed by atoms with Gasteiger partial charge in [-0.2, -0.15) is 0 Å². The summed E-state index contributed by atoms with van der Waals surface area (Å²) in [5, 5.41) is 2.72. The van der Waals surface area contributed by atoms with E-state index < -0.39 is 5.91 Å². The molecule has 7 nitrogen and oxygen atoms in total. The van der Waals surface area contributed by atoms with Crippen molar-refractivity contribution in [1.29, 1.82) is 0 Å². The first-order valence-corrected chi connectivity index (χ1v) is 7.94. The van der Waals surface area contributed by atoms with Crippen molar-refractivity contribution >= 4 is 11.8 Å². The van der Waals surface area contributed by atoms with Crippen LogP contribution in [0.4, 0.5) is 0 Å². The Kier molecular flexibility index (Phi) is 4.98. The van der Waals surface area contributed by atoms with E-state index in [1.807, 2.05) is 0 Å². The highest BCUT2D eigenvalue weighted by Gasteiger charge is 2.12. The number of nitrogens with two attached hydrogens (primary N) is 1. The van der Waals surface area contributed by atoms with Crippen LogP contribution in [0.15, 0.2) is 70.0 Å². The standard InChI is InChI=1S/C19H17N3O4/c20-18(24)14-5-3-4-13(10-14)11-21-19(25)16-8-7-15(26-16)12-22-9-2-1-6-17(22)23/h1-10H,11-12H2,(H2,20,24)(H,21,25). The number of carbonyl (C=O) groups is 2. The summed E-state index contributed by atoms with van der Waals surface area (Å²) in [6, 6.07) is 14.8. The lowest BCUT2D eigenvalue weighted by atomic mass is 10.1. The van der Waals surface area contributed by atoms with E-state index in [0.29, 0.717) is 11.3 Å². The number of nitrogens with one attached hydrogen (secondary N) is 1. The first kappa shape index (κ1) is 17.2. The number of primary amides is 1. The fourth-order valence-electron chi connectivity index (χ4n) is 2.45. The summed E-state index contributed by atoms with van der Waals surface area (Å²) in [4.78, 5) is 35.1. The van der Waals surface area contributed by atoms with Crippen molar-refractivity contribution in [3.05, 3.63) is 93.8 Å². The molecule has 0 saturated heterocycles. The van der Waals surface area contributed by atoms with E-state index in [1.54, 1.807) is 54.7 Å². The normalized spacial score (nSPS) is 10.5. The second kappa shape index (κ2) is 7.52. The third-order valence-corrected chi connectivity index (χ3v) is 3.78. The van der Waals surface area contributed by atoms with Gasteiger partial charge in [0.05, 0.1) is 6.54 Å². The molecule has 1 aromatic carbocycles. The molecule has 0 unspecified atom stereocenters. The van der Waals surface area contributed by atoms with Crippen LogP contribution in [-0.2, 0) is 13.1 Å². The van der Waals surface area contributed by atoms with Crippen LogP contribution in [-0.4, -0.2) is 16.4 Å². The van der Waals surface area contributed by atoms with Crippen molar-refractivity contribution in [2.75, 3.05) is 0 Å². The van der Waals surface area contributed by atoms with Gasteiger partial charge < -0.3 is 20.0 Å². The number of furan rings is 1. The highest BCUT2D eigenvalue weighted by atomic mass is 16.4. The van der Waals surface area contributed by atoms with E-state index in [1.165, 1.54) is 10.6 Å². The van der Waals surface area contributed by atoms with E-state index in [9.17, 15) is 14.4 Å². The number of amides is 2. The topological polar surface area (TPSA) is 107 Å². The number of benzene rings is 1. The third-order valence-electron chi connectivity index (χ3n) is 3.78. The Morgan fingerprint density at radius 1 is 1.08 bits per heavy atom. The van der Waals surface area contributed by atoms with Crippen LogP contribution in [0.5, 0.6) is 0 Å². The minimum absolute atomic E-state index is 0.148. The summed E-state index contributed by atoms with van der Waals surface area (Å²) in [6.45, 7) is 0.474. The highest BCUT2D eigenvalue weighted by molar-refractivity contribution is 5.93. The third kappa shape index (κ3) is 4.07. The molecule has 0 atom stereocenters. The maximum Gasteiger partial charge on any atom is 0.287 e. The first-order chi connectivity index (χ1) is 12.5. The second-order valence-corrected chi connectivity index (χ2v) is 5.68. The lowest BCUT2D eigenvalue weighted by Crippen LogP contribution is -2.22. The van der Waals surface area contributed by atoms with Gasteiger partial charge in [-0.25, -0.2) is 0 Å². The Labute approximate surface area is 149 Å². The molecule has 0 spiro atoms. The van der Waals surface area contributed by atoms with Gasteiger partial charge in [0, 0.05) is 24.4 Å². The summed E-state index contributed by atoms with van der Waals surface area (Å²) in [5.74, 6) is -0.264. The molecular formula is C19H17N3O4. The highest BCUT2D eigenvalue weighted by Crippen LogP contribution is 2.10. The summed E-state index contributed by atoms with van der Waals surface area (Å²) in [5.41, 5.74) is 6.22. The lowest BCUT2D eigenvalue weighted by molar-refractivity contribution is 0.0920. The van der Waals surface area contributed by atoms with E-state index in [0.717, 1.165) is 5.56 Å². The van der Waals surface area contributed by atoms with Gasteiger partial charge >= 0.3 is 0 Å². The molecule has 26 heavy (non-hydrogen) atoms. The number of rotatable bonds is 6. The smallest absolute Gasteiger partial charge is 0.287 e. The van der Waals surface area contributed by atoms with E-state index in [4.69, 9.17) is 10.2 Å². The average molecular weight is 351 g/mol. The van der Waals surface area contributed by atoms with Crippen molar-refractivity contribution in [3.8, 4) is 0 Å². The van der Waals surface area contributed by atoms with Crippen LogP contribution >= 0.6 is 0 Å². The molecule has 7 heteroatoms. The number of aromatic nitrogens is 1. The lowest BCUT2D eigenvalue weighted by Gasteiger charge is -2.05. The molecular weight excluding hydrogens is 334 g/mol. The van der Waals surface area contributed by atoms with Crippen molar-refractivity contribution in [1.82, 2.24) is 9.88 Å². The van der Waals surface area contributed by atoms with Gasteiger partial charge in [0.15, 0.2) is 5.76 Å². The van der Waals surface area contributed by atoms with Gasteiger partial charge in [-0.1, -0.05) is 18.2 Å². The first-order valence-electron chi connectivity index (χ1n) is 7.94. The summed E-state index contributed by atoms with van der Waals surface area (Å²) in [6.07, 6.45) is 1.65. The molecule has 3 aromatic rings. The van der Waals surface area contributed by atoms with Gasteiger partial charge in [-0.05, 0) is 35.9 Å². The van der Waals surface area contributed by atoms with Gasteiger partial charge in [0.2, 0.25) is 5.91 Å². The van der Waals surface area contributed by atoms with Crippen molar-refractivity contribution in [3.63, 3.8) is 0 Å². The van der Waals surface area contributed by atoms with Crippen molar-refractivity contribution < 1.29 is 14.0 Å². The molecule has 0 aliphatic rings.